The zero-order valence-electron chi connectivity index (χ0n) is 16.1. The van der Waals surface area contributed by atoms with Crippen LogP contribution in [0.4, 0.5) is 17.1 Å². The zero-order valence-corrected chi connectivity index (χ0v) is 16.1. The predicted molar refractivity (Wildman–Crippen MR) is 114 cm³/mol. The number of carbonyl (C=O) groups is 1. The van der Waals surface area contributed by atoms with Crippen LogP contribution in [-0.4, -0.2) is 21.9 Å². The van der Waals surface area contributed by atoms with Crippen LogP contribution in [0.15, 0.2) is 78.9 Å². The first-order valence-electron chi connectivity index (χ1n) is 9.89. The van der Waals surface area contributed by atoms with Gasteiger partial charge in [-0.15, -0.1) is 0 Å². The Bertz CT molecular complexity index is 1100. The van der Waals surface area contributed by atoms with Gasteiger partial charge in [-0.2, -0.15) is 0 Å². The van der Waals surface area contributed by atoms with Gasteiger partial charge in [0.05, 0.1) is 10.6 Å². The number of nitro groups is 1. The Kier molecular flexibility index (Phi) is 4.35. The smallest absolute Gasteiger partial charge is 0.269 e. The van der Waals surface area contributed by atoms with E-state index in [1.807, 2.05) is 42.5 Å². The minimum Gasteiger partial charge on any atom is -0.333 e. The van der Waals surface area contributed by atoms with Crippen molar-refractivity contribution >= 4 is 23.0 Å². The Morgan fingerprint density at radius 3 is 2.37 bits per heavy atom. The second-order valence-electron chi connectivity index (χ2n) is 7.50. The molecule has 1 amide bonds. The van der Waals surface area contributed by atoms with Crippen molar-refractivity contribution < 1.29 is 9.72 Å². The first-order valence-corrected chi connectivity index (χ1v) is 9.89. The third-order valence-corrected chi connectivity index (χ3v) is 5.75. The third kappa shape index (κ3) is 2.95. The number of hydrogen-bond donors (Lipinski definition) is 1. The number of amides is 1. The van der Waals surface area contributed by atoms with Gasteiger partial charge in [-0.25, -0.2) is 5.01 Å². The number of nitro benzene ring substituents is 1. The molecule has 0 saturated carbocycles. The van der Waals surface area contributed by atoms with Crippen LogP contribution in [0.5, 0.6) is 0 Å². The van der Waals surface area contributed by atoms with Gasteiger partial charge < -0.3 is 4.90 Å². The molecule has 7 nitrogen and oxygen atoms in total. The minimum atomic E-state index is -0.436. The maximum absolute atomic E-state index is 13.4. The molecule has 2 heterocycles. The SMILES string of the molecule is O=C1C2CCc3ccccc3N2[C@@H](c2ccccc2)N1Nc1ccc([N+](=O)[O-])cc1. The molecule has 2 atom stereocenters. The fourth-order valence-electron chi connectivity index (χ4n) is 4.37. The average Bonchev–Trinajstić information content (AvgIpc) is 3.07. The second kappa shape index (κ2) is 7.18. The molecule has 0 aliphatic carbocycles. The second-order valence-corrected chi connectivity index (χ2v) is 7.50. The molecular weight excluding hydrogens is 380 g/mol. The molecule has 5 rings (SSSR count). The van der Waals surface area contributed by atoms with Gasteiger partial charge in [0.2, 0.25) is 0 Å². The number of rotatable bonds is 4. The highest BCUT2D eigenvalue weighted by molar-refractivity contribution is 5.92. The molecule has 0 radical (unpaired) electrons. The van der Waals surface area contributed by atoms with Gasteiger partial charge in [0, 0.05) is 17.8 Å². The van der Waals surface area contributed by atoms with Gasteiger partial charge in [-0.05, 0) is 42.2 Å². The van der Waals surface area contributed by atoms with E-state index in [0.717, 1.165) is 24.1 Å². The van der Waals surface area contributed by atoms with Gasteiger partial charge in [0.25, 0.3) is 11.6 Å². The topological polar surface area (TPSA) is 78.7 Å². The lowest BCUT2D eigenvalue weighted by Gasteiger charge is -2.37. The predicted octanol–water partition coefficient (Wildman–Crippen LogP) is 4.28. The third-order valence-electron chi connectivity index (χ3n) is 5.75. The molecule has 0 spiro atoms. The molecular formula is C23H20N4O3. The Morgan fingerprint density at radius 1 is 0.933 bits per heavy atom. The van der Waals surface area contributed by atoms with Crippen molar-refractivity contribution in [2.75, 3.05) is 10.3 Å². The van der Waals surface area contributed by atoms with Gasteiger partial charge in [-0.3, -0.25) is 20.3 Å². The van der Waals surface area contributed by atoms with E-state index < -0.39 is 4.92 Å². The number of aryl methyl sites for hydroxylation is 1. The molecule has 7 heteroatoms. The van der Waals surface area contributed by atoms with Gasteiger partial charge in [0.15, 0.2) is 6.17 Å². The fraction of sp³-hybridized carbons (Fsp3) is 0.174. The Hall–Kier alpha value is -3.87. The number of benzene rings is 3. The number of anilines is 2. The molecule has 3 aromatic rings. The van der Waals surface area contributed by atoms with Crippen LogP contribution in [0, 0.1) is 10.1 Å². The normalized spacial score (nSPS) is 19.9. The van der Waals surface area contributed by atoms with Crippen LogP contribution < -0.4 is 10.3 Å². The molecule has 30 heavy (non-hydrogen) atoms. The van der Waals surface area contributed by atoms with Crippen LogP contribution in [-0.2, 0) is 11.2 Å². The molecule has 1 saturated heterocycles. The molecule has 1 unspecified atom stereocenters. The summed E-state index contributed by atoms with van der Waals surface area (Å²) in [6.45, 7) is 0. The van der Waals surface area contributed by atoms with Gasteiger partial charge in [-0.1, -0.05) is 48.5 Å². The Labute approximate surface area is 173 Å². The highest BCUT2D eigenvalue weighted by Crippen LogP contribution is 2.44. The summed E-state index contributed by atoms with van der Waals surface area (Å²) < 4.78 is 0. The number of para-hydroxylation sites is 1. The highest BCUT2D eigenvalue weighted by atomic mass is 16.6. The number of nitrogens with zero attached hydrogens (tertiary/aromatic N) is 3. The van der Waals surface area contributed by atoms with E-state index >= 15 is 0 Å². The molecule has 150 valence electrons. The van der Waals surface area contributed by atoms with E-state index in [1.54, 1.807) is 17.1 Å². The first kappa shape index (κ1) is 18.2. The van der Waals surface area contributed by atoms with Crippen molar-refractivity contribution in [3.8, 4) is 0 Å². The average molecular weight is 400 g/mol. The largest absolute Gasteiger partial charge is 0.333 e. The molecule has 2 aliphatic rings. The van der Waals surface area contributed by atoms with Crippen LogP contribution in [0.1, 0.15) is 23.7 Å². The summed E-state index contributed by atoms with van der Waals surface area (Å²) in [5, 5.41) is 12.6. The summed E-state index contributed by atoms with van der Waals surface area (Å²) in [7, 11) is 0. The van der Waals surface area contributed by atoms with Crippen molar-refractivity contribution in [2.45, 2.75) is 25.0 Å². The summed E-state index contributed by atoms with van der Waals surface area (Å²) in [6.07, 6.45) is 1.29. The quantitative estimate of drug-likeness (QED) is 0.522. The van der Waals surface area contributed by atoms with E-state index in [-0.39, 0.29) is 23.8 Å². The Balaban J connectivity index is 1.56. The van der Waals surface area contributed by atoms with Gasteiger partial charge in [0.1, 0.15) is 6.04 Å². The number of hydrogen-bond acceptors (Lipinski definition) is 5. The van der Waals surface area contributed by atoms with Crippen molar-refractivity contribution in [3.63, 3.8) is 0 Å². The molecule has 0 aromatic heterocycles. The van der Waals surface area contributed by atoms with Crippen LogP contribution in [0.25, 0.3) is 0 Å². The van der Waals surface area contributed by atoms with E-state index in [4.69, 9.17) is 0 Å². The van der Waals surface area contributed by atoms with E-state index in [9.17, 15) is 14.9 Å². The van der Waals surface area contributed by atoms with Crippen molar-refractivity contribution in [2.24, 2.45) is 0 Å². The highest BCUT2D eigenvalue weighted by Gasteiger charge is 2.49. The van der Waals surface area contributed by atoms with Crippen molar-refractivity contribution in [1.82, 2.24) is 5.01 Å². The fourth-order valence-corrected chi connectivity index (χ4v) is 4.37. The molecule has 1 N–H and O–H groups in total. The summed E-state index contributed by atoms with van der Waals surface area (Å²) in [4.78, 5) is 26.1. The summed E-state index contributed by atoms with van der Waals surface area (Å²) in [5.41, 5.74) is 7.16. The zero-order chi connectivity index (χ0) is 20.7. The summed E-state index contributed by atoms with van der Waals surface area (Å²) in [5.74, 6) is -0.00305. The summed E-state index contributed by atoms with van der Waals surface area (Å²) >= 11 is 0. The maximum Gasteiger partial charge on any atom is 0.269 e. The standard InChI is InChI=1S/C23H20N4O3/c28-23-21-15-10-16-6-4-5-9-20(16)25(21)22(17-7-2-1-3-8-17)26(23)24-18-11-13-19(14-12-18)27(29)30/h1-9,11-14,21-22,24H,10,15H2/t21?,22-/m1/s1. The number of hydrazine groups is 1. The molecule has 1 fully saturated rings. The van der Waals surface area contributed by atoms with Crippen LogP contribution in [0.2, 0.25) is 0 Å². The lowest BCUT2D eigenvalue weighted by molar-refractivity contribution is -0.384. The van der Waals surface area contributed by atoms with E-state index in [0.29, 0.717) is 5.69 Å². The van der Waals surface area contributed by atoms with Gasteiger partial charge >= 0.3 is 0 Å². The number of non-ortho nitro benzene ring substituents is 1. The van der Waals surface area contributed by atoms with Crippen molar-refractivity contribution in [1.29, 1.82) is 0 Å². The first-order chi connectivity index (χ1) is 14.6. The van der Waals surface area contributed by atoms with E-state index in [1.165, 1.54) is 17.7 Å². The molecule has 0 bridgehead atoms. The Morgan fingerprint density at radius 2 is 1.63 bits per heavy atom. The maximum atomic E-state index is 13.4. The minimum absolute atomic E-state index is 0.00305. The number of carbonyl (C=O) groups excluding carboxylic acids is 1. The number of nitrogens with one attached hydrogen (secondary N) is 1. The monoisotopic (exact) mass is 400 g/mol. The molecule has 2 aliphatic heterocycles. The van der Waals surface area contributed by atoms with Crippen LogP contribution in [0.3, 0.4) is 0 Å². The van der Waals surface area contributed by atoms with Crippen molar-refractivity contribution in [3.05, 3.63) is 100 Å². The molecule has 3 aromatic carbocycles. The number of fused-ring (bicyclic) bond motifs is 3. The van der Waals surface area contributed by atoms with E-state index in [2.05, 4.69) is 22.5 Å². The van der Waals surface area contributed by atoms with Crippen LogP contribution >= 0.6 is 0 Å². The lowest BCUT2D eigenvalue weighted by Crippen LogP contribution is -2.38. The summed E-state index contributed by atoms with van der Waals surface area (Å²) in [6, 6.07) is 24.0. The lowest BCUT2D eigenvalue weighted by atomic mass is 9.96.